The van der Waals surface area contributed by atoms with E-state index >= 15 is 0 Å². The molecule has 4 rings (SSSR count). The minimum absolute atomic E-state index is 0.0241. The molecule has 1 atom stereocenters. The highest BCUT2D eigenvalue weighted by atomic mass is 16.2. The molecule has 1 aromatic carbocycles. The Balaban J connectivity index is 1.38. The zero-order chi connectivity index (χ0) is 20.1. The van der Waals surface area contributed by atoms with E-state index in [9.17, 15) is 9.59 Å². The van der Waals surface area contributed by atoms with E-state index < -0.39 is 0 Å². The summed E-state index contributed by atoms with van der Waals surface area (Å²) < 4.78 is 1.93. The summed E-state index contributed by atoms with van der Waals surface area (Å²) in [7, 11) is 0. The predicted molar refractivity (Wildman–Crippen MR) is 108 cm³/mol. The Morgan fingerprint density at radius 3 is 2.79 bits per heavy atom. The smallest absolute Gasteiger partial charge is 0.225 e. The van der Waals surface area contributed by atoms with Gasteiger partial charge in [0.05, 0.1) is 30.2 Å². The summed E-state index contributed by atoms with van der Waals surface area (Å²) in [6, 6.07) is 13.5. The van der Waals surface area contributed by atoms with Crippen molar-refractivity contribution >= 4 is 11.8 Å². The molecule has 7 heteroatoms. The minimum atomic E-state index is -0.211. The molecule has 0 radical (unpaired) electrons. The number of aromatic nitrogens is 3. The number of piperidine rings is 1. The summed E-state index contributed by atoms with van der Waals surface area (Å²) in [4.78, 5) is 35.2. The van der Waals surface area contributed by atoms with E-state index in [-0.39, 0.29) is 17.7 Å². The third-order valence-corrected chi connectivity index (χ3v) is 5.18. The fourth-order valence-electron chi connectivity index (χ4n) is 3.61. The number of imidazole rings is 1. The van der Waals surface area contributed by atoms with Crippen molar-refractivity contribution < 1.29 is 9.59 Å². The Hall–Kier alpha value is -3.48. The lowest BCUT2D eigenvalue weighted by Crippen LogP contribution is -2.45. The number of nitrogens with one attached hydrogen (secondary N) is 1. The predicted octanol–water partition coefficient (Wildman–Crippen LogP) is 2.32. The molecule has 0 saturated carbocycles. The molecular formula is C22H23N5O2. The van der Waals surface area contributed by atoms with Gasteiger partial charge in [-0.05, 0) is 30.2 Å². The summed E-state index contributed by atoms with van der Waals surface area (Å²) in [5, 5.41) is 3.04. The lowest BCUT2D eigenvalue weighted by molar-refractivity contribution is -0.139. The van der Waals surface area contributed by atoms with Crippen LogP contribution in [0.4, 0.5) is 0 Å². The number of benzene rings is 1. The monoisotopic (exact) mass is 389 g/mol. The van der Waals surface area contributed by atoms with Crippen LogP contribution in [0.3, 0.4) is 0 Å². The van der Waals surface area contributed by atoms with Gasteiger partial charge >= 0.3 is 0 Å². The molecule has 1 N–H and O–H groups in total. The fraction of sp³-hybridized carbons (Fsp3) is 0.273. The number of amides is 2. The first kappa shape index (κ1) is 18.9. The lowest BCUT2D eigenvalue weighted by Gasteiger charge is -2.31. The van der Waals surface area contributed by atoms with E-state index in [0.29, 0.717) is 32.5 Å². The van der Waals surface area contributed by atoms with Gasteiger partial charge in [0.25, 0.3) is 0 Å². The van der Waals surface area contributed by atoms with Gasteiger partial charge in [-0.1, -0.05) is 24.3 Å². The SMILES string of the molecule is O=C(NCc1ccccc1-n1ccnc1)[C@@H]1CCC(=O)N(Cc2ccccn2)C1. The van der Waals surface area contributed by atoms with Crippen molar-refractivity contribution in [3.05, 3.63) is 78.6 Å². The molecule has 1 aliphatic rings. The molecule has 29 heavy (non-hydrogen) atoms. The molecule has 0 aliphatic carbocycles. The Bertz CT molecular complexity index is 972. The van der Waals surface area contributed by atoms with Crippen molar-refractivity contribution in [3.8, 4) is 5.69 Å². The van der Waals surface area contributed by atoms with Gasteiger partial charge in [0.2, 0.25) is 11.8 Å². The molecular weight excluding hydrogens is 366 g/mol. The molecule has 0 bridgehead atoms. The zero-order valence-electron chi connectivity index (χ0n) is 16.1. The minimum Gasteiger partial charge on any atom is -0.352 e. The number of carbonyl (C=O) groups is 2. The first-order valence-corrected chi connectivity index (χ1v) is 9.72. The number of pyridine rings is 1. The molecule has 2 aromatic heterocycles. The number of nitrogens with zero attached hydrogens (tertiary/aromatic N) is 4. The van der Waals surface area contributed by atoms with Crippen LogP contribution in [0.1, 0.15) is 24.1 Å². The van der Waals surface area contributed by atoms with Crippen LogP contribution in [0.15, 0.2) is 67.4 Å². The fourth-order valence-corrected chi connectivity index (χ4v) is 3.61. The number of rotatable bonds is 6. The first-order valence-electron chi connectivity index (χ1n) is 9.72. The largest absolute Gasteiger partial charge is 0.352 e. The molecule has 148 valence electrons. The van der Waals surface area contributed by atoms with Crippen LogP contribution in [0, 0.1) is 5.92 Å². The van der Waals surface area contributed by atoms with E-state index in [1.165, 1.54) is 0 Å². The average Bonchev–Trinajstić information content (AvgIpc) is 3.29. The normalized spacial score (nSPS) is 16.6. The number of carbonyl (C=O) groups excluding carboxylic acids is 2. The van der Waals surface area contributed by atoms with E-state index in [4.69, 9.17) is 0 Å². The molecule has 0 unspecified atom stereocenters. The highest BCUT2D eigenvalue weighted by Crippen LogP contribution is 2.20. The van der Waals surface area contributed by atoms with Gasteiger partial charge in [0.1, 0.15) is 0 Å². The van der Waals surface area contributed by atoms with Crippen LogP contribution in [-0.4, -0.2) is 37.8 Å². The molecule has 1 aliphatic heterocycles. The van der Waals surface area contributed by atoms with Gasteiger partial charge in [-0.25, -0.2) is 4.98 Å². The highest BCUT2D eigenvalue weighted by Gasteiger charge is 2.30. The molecule has 3 aromatic rings. The molecule has 7 nitrogen and oxygen atoms in total. The van der Waals surface area contributed by atoms with Crippen molar-refractivity contribution in [1.29, 1.82) is 0 Å². The van der Waals surface area contributed by atoms with Crippen molar-refractivity contribution in [2.45, 2.75) is 25.9 Å². The van der Waals surface area contributed by atoms with Crippen LogP contribution in [0.5, 0.6) is 0 Å². The van der Waals surface area contributed by atoms with E-state index in [1.54, 1.807) is 23.6 Å². The summed E-state index contributed by atoms with van der Waals surface area (Å²) in [6.07, 6.45) is 8.02. The van der Waals surface area contributed by atoms with Gasteiger partial charge in [-0.2, -0.15) is 0 Å². The Morgan fingerprint density at radius 1 is 1.14 bits per heavy atom. The van der Waals surface area contributed by atoms with Crippen molar-refractivity contribution in [1.82, 2.24) is 24.8 Å². The van der Waals surface area contributed by atoms with E-state index in [0.717, 1.165) is 16.9 Å². The highest BCUT2D eigenvalue weighted by molar-refractivity contribution is 5.83. The third kappa shape index (κ3) is 4.51. The number of hydrogen-bond acceptors (Lipinski definition) is 4. The van der Waals surface area contributed by atoms with Crippen molar-refractivity contribution in [2.75, 3.05) is 6.54 Å². The second-order valence-electron chi connectivity index (χ2n) is 7.15. The first-order chi connectivity index (χ1) is 14.2. The van der Waals surface area contributed by atoms with Crippen LogP contribution < -0.4 is 5.32 Å². The Morgan fingerprint density at radius 2 is 2.00 bits per heavy atom. The molecule has 3 heterocycles. The second-order valence-corrected chi connectivity index (χ2v) is 7.15. The molecule has 1 saturated heterocycles. The third-order valence-electron chi connectivity index (χ3n) is 5.18. The maximum Gasteiger partial charge on any atom is 0.225 e. The van der Waals surface area contributed by atoms with Gasteiger partial charge in [-0.15, -0.1) is 0 Å². The van der Waals surface area contributed by atoms with E-state index in [1.807, 2.05) is 53.2 Å². The van der Waals surface area contributed by atoms with Gasteiger partial charge in [0.15, 0.2) is 0 Å². The van der Waals surface area contributed by atoms with Gasteiger partial charge in [-0.3, -0.25) is 14.6 Å². The van der Waals surface area contributed by atoms with Crippen molar-refractivity contribution in [2.24, 2.45) is 5.92 Å². The van der Waals surface area contributed by atoms with Gasteiger partial charge < -0.3 is 14.8 Å². The summed E-state index contributed by atoms with van der Waals surface area (Å²) in [5.41, 5.74) is 2.83. The standard InChI is InChI=1S/C22H23N5O2/c28-21-9-8-18(14-27(21)15-19-6-3-4-10-24-19)22(29)25-13-17-5-1-2-7-20(17)26-12-11-23-16-26/h1-7,10-12,16,18H,8-9,13-15H2,(H,25,29)/t18-/m1/s1. The Labute approximate surface area is 169 Å². The summed E-state index contributed by atoms with van der Waals surface area (Å²) >= 11 is 0. The number of para-hydroxylation sites is 1. The van der Waals surface area contributed by atoms with Crippen LogP contribution in [0.2, 0.25) is 0 Å². The summed E-state index contributed by atoms with van der Waals surface area (Å²) in [6.45, 7) is 1.29. The topological polar surface area (TPSA) is 80.1 Å². The molecule has 0 spiro atoms. The number of likely N-dealkylation sites (tertiary alicyclic amines) is 1. The van der Waals surface area contributed by atoms with Crippen LogP contribution >= 0.6 is 0 Å². The maximum atomic E-state index is 12.8. The lowest BCUT2D eigenvalue weighted by atomic mass is 9.96. The van der Waals surface area contributed by atoms with Gasteiger partial charge in [0, 0.05) is 38.1 Å². The molecule has 1 fully saturated rings. The van der Waals surface area contributed by atoms with Crippen molar-refractivity contribution in [3.63, 3.8) is 0 Å². The number of hydrogen-bond donors (Lipinski definition) is 1. The Kier molecular flexibility index (Phi) is 5.65. The average molecular weight is 389 g/mol. The zero-order valence-corrected chi connectivity index (χ0v) is 16.1. The quantitative estimate of drug-likeness (QED) is 0.702. The van der Waals surface area contributed by atoms with Crippen LogP contribution in [-0.2, 0) is 22.7 Å². The second kappa shape index (κ2) is 8.68. The van der Waals surface area contributed by atoms with Crippen LogP contribution in [0.25, 0.3) is 5.69 Å². The van der Waals surface area contributed by atoms with E-state index in [2.05, 4.69) is 15.3 Å². The summed E-state index contributed by atoms with van der Waals surface area (Å²) in [5.74, 6) is -0.161. The molecule has 2 amide bonds. The maximum absolute atomic E-state index is 12.8.